The van der Waals surface area contributed by atoms with Gasteiger partial charge in [0.05, 0.1) is 28.6 Å². The maximum atomic E-state index is 12.4. The molecule has 0 heterocycles. The van der Waals surface area contributed by atoms with Gasteiger partial charge in [-0.15, -0.1) is 0 Å². The minimum absolute atomic E-state index is 0.0136. The lowest BCUT2D eigenvalue weighted by Gasteiger charge is -2.27. The molecule has 0 saturated carbocycles. The van der Waals surface area contributed by atoms with Gasteiger partial charge in [-0.25, -0.2) is 4.79 Å². The van der Waals surface area contributed by atoms with E-state index < -0.39 is 21.0 Å². The number of carbonyl (C=O) groups excluding carboxylic acids is 1. The van der Waals surface area contributed by atoms with Crippen LogP contribution in [0.5, 0.6) is 0 Å². The number of nitro groups is 1. The summed E-state index contributed by atoms with van der Waals surface area (Å²) in [6.45, 7) is 1.95. The maximum Gasteiger partial charge on any atom is 0.338 e. The van der Waals surface area contributed by atoms with Crippen molar-refractivity contribution in [1.29, 1.82) is 0 Å². The van der Waals surface area contributed by atoms with Crippen molar-refractivity contribution in [2.45, 2.75) is 24.7 Å². The first-order valence-corrected chi connectivity index (χ1v) is 11.2. The fourth-order valence-corrected chi connectivity index (χ4v) is 4.23. The predicted octanol–water partition coefficient (Wildman–Crippen LogP) is 4.05. The Hall–Kier alpha value is -3.04. The lowest BCUT2D eigenvalue weighted by atomic mass is 9.84. The minimum atomic E-state index is -3.87. The van der Waals surface area contributed by atoms with Crippen LogP contribution in [0.4, 0.5) is 5.69 Å². The zero-order valence-corrected chi connectivity index (χ0v) is 17.8. The summed E-state index contributed by atoms with van der Waals surface area (Å²) in [6, 6.07) is 11.6. The highest BCUT2D eigenvalue weighted by Gasteiger charge is 2.27. The second kappa shape index (κ2) is 9.84. The Morgan fingerprint density at radius 1 is 1.00 bits per heavy atom. The van der Waals surface area contributed by atoms with E-state index in [-0.39, 0.29) is 41.2 Å². The molecule has 8 nitrogen and oxygen atoms in total. The van der Waals surface area contributed by atoms with Gasteiger partial charge in [0.2, 0.25) is 0 Å². The molecule has 164 valence electrons. The van der Waals surface area contributed by atoms with E-state index >= 15 is 0 Å². The molecule has 0 N–H and O–H groups in total. The number of carbonyl (C=O) groups is 1. The Bertz CT molecular complexity index is 1060. The van der Waals surface area contributed by atoms with Gasteiger partial charge in [0.15, 0.2) is 0 Å². The van der Waals surface area contributed by atoms with Crippen LogP contribution in [-0.4, -0.2) is 32.5 Å². The molecule has 0 bridgehead atoms. The van der Waals surface area contributed by atoms with E-state index in [1.165, 1.54) is 36.4 Å². The second-order valence-electron chi connectivity index (χ2n) is 7.42. The molecule has 0 radical (unpaired) electrons. The van der Waals surface area contributed by atoms with Gasteiger partial charge in [0.25, 0.3) is 15.8 Å². The molecule has 0 amide bonds. The number of nitro benzene ring substituents is 1. The van der Waals surface area contributed by atoms with E-state index in [1.54, 1.807) is 12.1 Å². The largest absolute Gasteiger partial charge is 0.462 e. The number of rotatable bonds is 8. The van der Waals surface area contributed by atoms with Gasteiger partial charge in [0.1, 0.15) is 0 Å². The van der Waals surface area contributed by atoms with Crippen molar-refractivity contribution in [3.8, 4) is 0 Å². The van der Waals surface area contributed by atoms with Crippen LogP contribution in [0.25, 0.3) is 0 Å². The lowest BCUT2D eigenvalue weighted by molar-refractivity contribution is -0.384. The summed E-state index contributed by atoms with van der Waals surface area (Å²) in [7, 11) is -3.87. The third kappa shape index (κ3) is 5.99. The Labute approximate surface area is 180 Å². The normalized spacial score (nSPS) is 18.5. The third-order valence-corrected chi connectivity index (χ3v) is 6.50. The van der Waals surface area contributed by atoms with Crippen molar-refractivity contribution in [2.75, 3.05) is 13.2 Å². The molecule has 31 heavy (non-hydrogen) atoms. The van der Waals surface area contributed by atoms with E-state index in [0.717, 1.165) is 5.56 Å². The molecule has 3 rings (SSSR count). The summed E-state index contributed by atoms with van der Waals surface area (Å²) < 4.78 is 35.6. The smallest absolute Gasteiger partial charge is 0.338 e. The highest BCUT2D eigenvalue weighted by atomic mass is 32.2. The Morgan fingerprint density at radius 2 is 1.58 bits per heavy atom. The number of non-ortho nitro benzene ring substituents is 1. The number of ether oxygens (including phenoxy) is 1. The van der Waals surface area contributed by atoms with Crippen molar-refractivity contribution >= 4 is 21.8 Å². The SMILES string of the molecule is Cc1ccc(S(=O)(=O)OC[C@@H]2CC=CC[C@H]2COC(=O)c2ccc([N+](=O)[O-])cc2)cc1. The van der Waals surface area contributed by atoms with Crippen LogP contribution >= 0.6 is 0 Å². The van der Waals surface area contributed by atoms with Crippen LogP contribution < -0.4 is 0 Å². The molecule has 2 aromatic rings. The quantitative estimate of drug-likeness (QED) is 0.198. The zero-order valence-electron chi connectivity index (χ0n) is 17.0. The van der Waals surface area contributed by atoms with E-state index in [9.17, 15) is 23.3 Å². The highest BCUT2D eigenvalue weighted by molar-refractivity contribution is 7.86. The van der Waals surface area contributed by atoms with Crippen molar-refractivity contribution in [3.05, 3.63) is 81.9 Å². The molecule has 1 aliphatic carbocycles. The summed E-state index contributed by atoms with van der Waals surface area (Å²) in [5, 5.41) is 10.7. The standard InChI is InChI=1S/C22H23NO7S/c1-16-6-12-21(13-7-16)31(27,28)30-15-19-5-3-2-4-18(19)14-29-22(24)17-8-10-20(11-9-17)23(25)26/h2-3,6-13,18-19H,4-5,14-15H2,1H3/t18-,19-/m0/s1. The van der Waals surface area contributed by atoms with Gasteiger partial charge in [-0.05, 0) is 49.9 Å². The first-order valence-electron chi connectivity index (χ1n) is 9.79. The molecule has 2 atom stereocenters. The number of aryl methyl sites for hydroxylation is 1. The van der Waals surface area contributed by atoms with Gasteiger partial charge >= 0.3 is 5.97 Å². The second-order valence-corrected chi connectivity index (χ2v) is 9.03. The molecular formula is C22H23NO7S. The average Bonchev–Trinajstić information content (AvgIpc) is 2.77. The van der Waals surface area contributed by atoms with Crippen LogP contribution in [-0.2, 0) is 19.0 Å². The van der Waals surface area contributed by atoms with Crippen molar-refractivity contribution in [3.63, 3.8) is 0 Å². The van der Waals surface area contributed by atoms with Crippen molar-refractivity contribution in [2.24, 2.45) is 11.8 Å². The summed E-state index contributed by atoms with van der Waals surface area (Å²) >= 11 is 0. The molecule has 0 unspecified atom stereocenters. The molecule has 0 aliphatic heterocycles. The van der Waals surface area contributed by atoms with Gasteiger partial charge < -0.3 is 4.74 Å². The van der Waals surface area contributed by atoms with Gasteiger partial charge in [-0.1, -0.05) is 29.8 Å². The lowest BCUT2D eigenvalue weighted by Crippen LogP contribution is -2.28. The molecule has 1 aliphatic rings. The van der Waals surface area contributed by atoms with Crippen LogP contribution in [0, 0.1) is 28.9 Å². The summed E-state index contributed by atoms with van der Waals surface area (Å²) in [4.78, 5) is 22.5. The number of benzene rings is 2. The first-order chi connectivity index (χ1) is 14.8. The maximum absolute atomic E-state index is 12.4. The number of hydrogen-bond donors (Lipinski definition) is 0. The van der Waals surface area contributed by atoms with Crippen LogP contribution in [0.3, 0.4) is 0 Å². The molecule has 0 aromatic heterocycles. The fraction of sp³-hybridized carbons (Fsp3) is 0.318. The summed E-state index contributed by atoms with van der Waals surface area (Å²) in [5.41, 5.74) is 1.05. The van der Waals surface area contributed by atoms with Crippen molar-refractivity contribution < 1.29 is 27.1 Å². The zero-order chi connectivity index (χ0) is 22.4. The molecule has 2 aromatic carbocycles. The van der Waals surface area contributed by atoms with E-state index in [0.29, 0.717) is 12.8 Å². The number of esters is 1. The van der Waals surface area contributed by atoms with Crippen molar-refractivity contribution in [1.82, 2.24) is 0 Å². The van der Waals surface area contributed by atoms with Gasteiger partial charge in [-0.3, -0.25) is 14.3 Å². The Balaban J connectivity index is 1.58. The monoisotopic (exact) mass is 445 g/mol. The molecule has 9 heteroatoms. The van der Waals surface area contributed by atoms with Crippen LogP contribution in [0.2, 0.25) is 0 Å². The highest BCUT2D eigenvalue weighted by Crippen LogP contribution is 2.28. The average molecular weight is 445 g/mol. The van der Waals surface area contributed by atoms with Gasteiger partial charge in [-0.2, -0.15) is 8.42 Å². The fourth-order valence-electron chi connectivity index (χ4n) is 3.27. The van der Waals surface area contributed by atoms with Gasteiger partial charge in [0, 0.05) is 18.1 Å². The first kappa shape index (κ1) is 22.6. The number of hydrogen-bond acceptors (Lipinski definition) is 7. The topological polar surface area (TPSA) is 113 Å². The third-order valence-electron chi connectivity index (χ3n) is 5.20. The van der Waals surface area contributed by atoms with E-state index in [4.69, 9.17) is 8.92 Å². The van der Waals surface area contributed by atoms with Crippen LogP contribution in [0.1, 0.15) is 28.8 Å². The molecular weight excluding hydrogens is 422 g/mol. The minimum Gasteiger partial charge on any atom is -0.462 e. The summed E-state index contributed by atoms with van der Waals surface area (Å²) in [5.74, 6) is -0.813. The van der Waals surface area contributed by atoms with E-state index in [1.807, 2.05) is 19.1 Å². The number of nitrogens with zero attached hydrogens (tertiary/aromatic N) is 1. The Morgan fingerprint density at radius 3 is 2.16 bits per heavy atom. The molecule has 0 fully saturated rings. The molecule has 0 spiro atoms. The predicted molar refractivity (Wildman–Crippen MR) is 113 cm³/mol. The van der Waals surface area contributed by atoms with E-state index in [2.05, 4.69) is 0 Å². The van der Waals surface area contributed by atoms with Crippen LogP contribution in [0.15, 0.2) is 65.6 Å². The number of allylic oxidation sites excluding steroid dienone is 2. The summed E-state index contributed by atoms with van der Waals surface area (Å²) in [6.07, 6.45) is 5.17. The molecule has 0 saturated heterocycles. The Kier molecular flexibility index (Phi) is 7.19.